The minimum absolute atomic E-state index is 0.0933. The fourth-order valence-corrected chi connectivity index (χ4v) is 2.63. The summed E-state index contributed by atoms with van der Waals surface area (Å²) in [5.41, 5.74) is 1.13. The second-order valence-electron chi connectivity index (χ2n) is 6.14. The predicted octanol–water partition coefficient (Wildman–Crippen LogP) is 3.10. The lowest BCUT2D eigenvalue weighted by Gasteiger charge is -2.22. The highest BCUT2D eigenvalue weighted by atomic mass is 16.5. The molecule has 0 aliphatic carbocycles. The molecule has 0 saturated heterocycles. The van der Waals surface area contributed by atoms with Gasteiger partial charge in [0.05, 0.1) is 20.1 Å². The van der Waals surface area contributed by atoms with Crippen molar-refractivity contribution in [2.75, 3.05) is 33.4 Å². The van der Waals surface area contributed by atoms with E-state index < -0.39 is 0 Å². The summed E-state index contributed by atoms with van der Waals surface area (Å²) >= 11 is 0. The smallest absolute Gasteiger partial charge is 0.307 e. The van der Waals surface area contributed by atoms with Gasteiger partial charge in [-0.15, -0.1) is 0 Å². The zero-order chi connectivity index (χ0) is 20.2. The van der Waals surface area contributed by atoms with Crippen molar-refractivity contribution in [2.45, 2.75) is 19.8 Å². The van der Waals surface area contributed by atoms with Crippen LogP contribution in [0, 0.1) is 0 Å². The SMILES string of the molecule is CCOc1ccc(OCC(=O)N(CCC(=O)OC)CCc2ccccc2)cc1. The van der Waals surface area contributed by atoms with E-state index in [1.807, 2.05) is 37.3 Å². The number of esters is 1. The zero-order valence-electron chi connectivity index (χ0n) is 16.4. The summed E-state index contributed by atoms with van der Waals surface area (Å²) in [6.45, 7) is 3.22. The maximum atomic E-state index is 12.6. The van der Waals surface area contributed by atoms with Crippen LogP contribution in [0.25, 0.3) is 0 Å². The van der Waals surface area contributed by atoms with Crippen LogP contribution >= 0.6 is 0 Å². The predicted molar refractivity (Wildman–Crippen MR) is 106 cm³/mol. The van der Waals surface area contributed by atoms with Gasteiger partial charge in [-0.2, -0.15) is 0 Å². The number of nitrogens with zero attached hydrogens (tertiary/aromatic N) is 1. The first kappa shape index (κ1) is 21.3. The van der Waals surface area contributed by atoms with Crippen molar-refractivity contribution < 1.29 is 23.8 Å². The van der Waals surface area contributed by atoms with E-state index in [1.165, 1.54) is 7.11 Å². The molecule has 6 heteroatoms. The van der Waals surface area contributed by atoms with E-state index in [2.05, 4.69) is 4.74 Å². The monoisotopic (exact) mass is 385 g/mol. The fraction of sp³-hybridized carbons (Fsp3) is 0.364. The highest BCUT2D eigenvalue weighted by Crippen LogP contribution is 2.17. The Labute approximate surface area is 166 Å². The third-order valence-electron chi connectivity index (χ3n) is 4.18. The summed E-state index contributed by atoms with van der Waals surface area (Å²) in [5, 5.41) is 0. The Hall–Kier alpha value is -3.02. The van der Waals surface area contributed by atoms with Crippen LogP contribution in [-0.2, 0) is 20.7 Å². The number of rotatable bonds is 11. The fourth-order valence-electron chi connectivity index (χ4n) is 2.63. The van der Waals surface area contributed by atoms with E-state index in [0.29, 0.717) is 31.9 Å². The van der Waals surface area contributed by atoms with Crippen LogP contribution in [-0.4, -0.2) is 50.2 Å². The van der Waals surface area contributed by atoms with Crippen LogP contribution in [0.5, 0.6) is 11.5 Å². The number of benzene rings is 2. The molecule has 0 radical (unpaired) electrons. The molecule has 0 bridgehead atoms. The topological polar surface area (TPSA) is 65.1 Å². The van der Waals surface area contributed by atoms with Crippen molar-refractivity contribution in [2.24, 2.45) is 0 Å². The van der Waals surface area contributed by atoms with Crippen molar-refractivity contribution in [1.29, 1.82) is 0 Å². The molecule has 0 heterocycles. The lowest BCUT2D eigenvalue weighted by Crippen LogP contribution is -2.38. The summed E-state index contributed by atoms with van der Waals surface area (Å²) in [7, 11) is 1.34. The van der Waals surface area contributed by atoms with Crippen LogP contribution in [0.3, 0.4) is 0 Å². The molecule has 2 aromatic carbocycles. The summed E-state index contributed by atoms with van der Waals surface area (Å²) in [4.78, 5) is 25.7. The molecule has 28 heavy (non-hydrogen) atoms. The summed E-state index contributed by atoms with van der Waals surface area (Å²) < 4.78 is 15.7. The van der Waals surface area contributed by atoms with Gasteiger partial charge in [-0.3, -0.25) is 9.59 Å². The molecule has 2 aromatic rings. The normalized spacial score (nSPS) is 10.2. The Bertz CT molecular complexity index is 730. The Morgan fingerprint density at radius 1 is 0.893 bits per heavy atom. The molecule has 0 aromatic heterocycles. The maximum Gasteiger partial charge on any atom is 0.307 e. The number of amides is 1. The van der Waals surface area contributed by atoms with E-state index in [1.54, 1.807) is 29.2 Å². The molecule has 0 saturated carbocycles. The molecule has 0 fully saturated rings. The second-order valence-corrected chi connectivity index (χ2v) is 6.14. The average molecular weight is 385 g/mol. The Morgan fingerprint density at radius 2 is 1.54 bits per heavy atom. The number of carbonyl (C=O) groups excluding carboxylic acids is 2. The molecule has 0 N–H and O–H groups in total. The Kier molecular flexibility index (Phi) is 8.85. The first-order valence-corrected chi connectivity index (χ1v) is 9.36. The lowest BCUT2D eigenvalue weighted by atomic mass is 10.1. The average Bonchev–Trinajstić information content (AvgIpc) is 2.73. The summed E-state index contributed by atoms with van der Waals surface area (Å²) in [5.74, 6) is 0.829. The number of hydrogen-bond donors (Lipinski definition) is 0. The maximum absolute atomic E-state index is 12.6. The van der Waals surface area contributed by atoms with Crippen LogP contribution in [0.1, 0.15) is 18.9 Å². The van der Waals surface area contributed by atoms with Gasteiger partial charge in [-0.05, 0) is 43.2 Å². The quantitative estimate of drug-likeness (QED) is 0.556. The minimum atomic E-state index is -0.343. The van der Waals surface area contributed by atoms with Crippen LogP contribution < -0.4 is 9.47 Å². The van der Waals surface area contributed by atoms with Gasteiger partial charge in [-0.25, -0.2) is 0 Å². The molecule has 2 rings (SSSR count). The zero-order valence-corrected chi connectivity index (χ0v) is 16.4. The molecule has 150 valence electrons. The minimum Gasteiger partial charge on any atom is -0.494 e. The van der Waals surface area contributed by atoms with Crippen LogP contribution in [0.2, 0.25) is 0 Å². The molecule has 1 amide bonds. The van der Waals surface area contributed by atoms with E-state index in [4.69, 9.17) is 9.47 Å². The van der Waals surface area contributed by atoms with E-state index >= 15 is 0 Å². The largest absolute Gasteiger partial charge is 0.494 e. The van der Waals surface area contributed by atoms with Gasteiger partial charge in [0.2, 0.25) is 0 Å². The summed E-state index contributed by atoms with van der Waals surface area (Å²) in [6.07, 6.45) is 0.858. The van der Waals surface area contributed by atoms with Crippen molar-refractivity contribution >= 4 is 11.9 Å². The van der Waals surface area contributed by atoms with Gasteiger partial charge >= 0.3 is 5.97 Å². The molecule has 0 unspecified atom stereocenters. The number of hydrogen-bond acceptors (Lipinski definition) is 5. The third kappa shape index (κ3) is 7.31. The van der Waals surface area contributed by atoms with Gasteiger partial charge in [-0.1, -0.05) is 30.3 Å². The van der Waals surface area contributed by atoms with Gasteiger partial charge in [0.1, 0.15) is 11.5 Å². The number of carbonyl (C=O) groups is 2. The van der Waals surface area contributed by atoms with Gasteiger partial charge in [0.25, 0.3) is 5.91 Å². The van der Waals surface area contributed by atoms with Crippen molar-refractivity contribution in [1.82, 2.24) is 4.90 Å². The van der Waals surface area contributed by atoms with Gasteiger partial charge < -0.3 is 19.1 Å². The third-order valence-corrected chi connectivity index (χ3v) is 4.18. The van der Waals surface area contributed by atoms with Gasteiger partial charge in [0, 0.05) is 13.1 Å². The second kappa shape index (κ2) is 11.6. The molecule has 0 spiro atoms. The molecular formula is C22H27NO5. The van der Waals surface area contributed by atoms with Gasteiger partial charge in [0.15, 0.2) is 6.61 Å². The molecular weight excluding hydrogens is 358 g/mol. The number of methoxy groups -OCH3 is 1. The Morgan fingerprint density at radius 3 is 2.14 bits per heavy atom. The highest BCUT2D eigenvalue weighted by Gasteiger charge is 2.16. The molecule has 0 atom stereocenters. The molecule has 0 aliphatic heterocycles. The standard InChI is InChI=1S/C22H27NO5/c1-3-27-19-9-11-20(12-10-19)28-17-21(24)23(16-14-22(25)26-2)15-13-18-7-5-4-6-8-18/h4-12H,3,13-17H2,1-2H3. The molecule has 6 nitrogen and oxygen atoms in total. The van der Waals surface area contributed by atoms with E-state index in [9.17, 15) is 9.59 Å². The Balaban J connectivity index is 1.91. The van der Waals surface area contributed by atoms with E-state index in [0.717, 1.165) is 11.3 Å². The lowest BCUT2D eigenvalue weighted by molar-refractivity contribution is -0.142. The van der Waals surface area contributed by atoms with E-state index in [-0.39, 0.29) is 24.9 Å². The van der Waals surface area contributed by atoms with Crippen LogP contribution in [0.4, 0.5) is 0 Å². The van der Waals surface area contributed by atoms with Crippen molar-refractivity contribution in [3.8, 4) is 11.5 Å². The first-order chi connectivity index (χ1) is 13.6. The molecule has 0 aliphatic rings. The van der Waals surface area contributed by atoms with Crippen molar-refractivity contribution in [3.63, 3.8) is 0 Å². The first-order valence-electron chi connectivity index (χ1n) is 9.36. The summed E-state index contributed by atoms with van der Waals surface area (Å²) in [6, 6.07) is 17.0. The van der Waals surface area contributed by atoms with Crippen molar-refractivity contribution in [3.05, 3.63) is 60.2 Å². The van der Waals surface area contributed by atoms with Crippen LogP contribution in [0.15, 0.2) is 54.6 Å². The number of ether oxygens (including phenoxy) is 3. The highest BCUT2D eigenvalue weighted by molar-refractivity contribution is 5.78.